The molecule has 6 nitrogen and oxygen atoms in total. The number of allylic oxidation sites excluding steroid dienone is 2. The number of benzene rings is 1. The van der Waals surface area contributed by atoms with Crippen LogP contribution in [0.4, 0.5) is 0 Å². The Morgan fingerprint density at radius 1 is 1.10 bits per heavy atom. The van der Waals surface area contributed by atoms with Crippen molar-refractivity contribution < 1.29 is 9.59 Å². The van der Waals surface area contributed by atoms with Crippen molar-refractivity contribution in [1.29, 1.82) is 0 Å². The Bertz CT molecular complexity index is 808. The van der Waals surface area contributed by atoms with Gasteiger partial charge < -0.3 is 10.6 Å². The monoisotopic (exact) mass is 508 g/mol. The first-order chi connectivity index (χ1) is 13.6. The zero-order valence-corrected chi connectivity index (χ0v) is 19.3. The topological polar surface area (TPSA) is 73.8 Å². The summed E-state index contributed by atoms with van der Waals surface area (Å²) in [4.78, 5) is 31.1. The summed E-state index contributed by atoms with van der Waals surface area (Å²) in [5.74, 6) is 1.15. The molecule has 1 aromatic rings. The number of nitrogens with one attached hydrogen (secondary N) is 2. The Morgan fingerprint density at radius 2 is 1.76 bits per heavy atom. The lowest BCUT2D eigenvalue weighted by atomic mass is 9.85. The molecule has 29 heavy (non-hydrogen) atoms. The van der Waals surface area contributed by atoms with Crippen LogP contribution in [0.1, 0.15) is 24.0 Å². The summed E-state index contributed by atoms with van der Waals surface area (Å²) < 4.78 is 0. The third kappa shape index (κ3) is 4.20. The Labute approximate surface area is 189 Å². The molecule has 4 unspecified atom stereocenters. The second-order valence-electron chi connectivity index (χ2n) is 7.96. The van der Waals surface area contributed by atoms with Gasteiger partial charge in [0, 0.05) is 26.7 Å². The first kappa shape index (κ1) is 21.8. The third-order valence-corrected chi connectivity index (χ3v) is 6.34. The Balaban J connectivity index is 0.00000240. The molecule has 2 bridgehead atoms. The van der Waals surface area contributed by atoms with Gasteiger partial charge in [0.15, 0.2) is 5.96 Å². The standard InChI is InChI=1S/C22H28N4O2.HI/c1-14-6-3-4-7-17(14)13-25-22(23-2)24-10-5-11-26-20(27)18-15-8-9-16(12-15)19(18)21(26)28;/h3-4,6-9,15-16,18-19H,5,10-13H2,1-2H3,(H2,23,24,25);1H. The fraction of sp³-hybridized carbons (Fsp3) is 0.500. The fourth-order valence-corrected chi connectivity index (χ4v) is 4.84. The van der Waals surface area contributed by atoms with Crippen LogP contribution in [-0.2, 0) is 16.1 Å². The molecule has 1 aliphatic heterocycles. The number of carbonyl (C=O) groups excluding carboxylic acids is 2. The molecule has 7 heteroatoms. The number of hydrogen-bond donors (Lipinski definition) is 2. The molecule has 0 aromatic heterocycles. The van der Waals surface area contributed by atoms with E-state index in [4.69, 9.17) is 0 Å². The average molecular weight is 508 g/mol. The summed E-state index contributed by atoms with van der Waals surface area (Å²) >= 11 is 0. The van der Waals surface area contributed by atoms with Crippen LogP contribution in [0.5, 0.6) is 0 Å². The molecule has 0 spiro atoms. The quantitative estimate of drug-likeness (QED) is 0.155. The van der Waals surface area contributed by atoms with Gasteiger partial charge in [0.2, 0.25) is 11.8 Å². The number of hydrogen-bond acceptors (Lipinski definition) is 3. The number of halogens is 1. The van der Waals surface area contributed by atoms with Gasteiger partial charge in [-0.2, -0.15) is 0 Å². The molecule has 4 atom stereocenters. The summed E-state index contributed by atoms with van der Waals surface area (Å²) in [6.45, 7) is 3.93. The number of rotatable bonds is 6. The van der Waals surface area contributed by atoms with Gasteiger partial charge in [-0.3, -0.25) is 19.5 Å². The van der Waals surface area contributed by atoms with Gasteiger partial charge in [0.25, 0.3) is 0 Å². The average Bonchev–Trinajstić information content (AvgIpc) is 3.37. The molecule has 3 aliphatic rings. The third-order valence-electron chi connectivity index (χ3n) is 6.34. The van der Waals surface area contributed by atoms with Gasteiger partial charge in [-0.1, -0.05) is 36.4 Å². The largest absolute Gasteiger partial charge is 0.356 e. The summed E-state index contributed by atoms with van der Waals surface area (Å²) in [5.41, 5.74) is 2.47. The predicted octanol–water partition coefficient (Wildman–Crippen LogP) is 2.48. The molecule has 2 fully saturated rings. The molecule has 2 N–H and O–H groups in total. The number of likely N-dealkylation sites (tertiary alicyclic amines) is 1. The van der Waals surface area contributed by atoms with Crippen LogP contribution in [0, 0.1) is 30.6 Å². The van der Waals surface area contributed by atoms with Crippen molar-refractivity contribution in [2.24, 2.45) is 28.7 Å². The summed E-state index contributed by atoms with van der Waals surface area (Å²) in [6.07, 6.45) is 5.95. The molecule has 1 heterocycles. The second kappa shape index (κ2) is 9.28. The van der Waals surface area contributed by atoms with Crippen molar-refractivity contribution in [2.45, 2.75) is 26.3 Å². The van der Waals surface area contributed by atoms with Gasteiger partial charge in [0.05, 0.1) is 11.8 Å². The van der Waals surface area contributed by atoms with Crippen LogP contribution >= 0.6 is 24.0 Å². The lowest BCUT2D eigenvalue weighted by Crippen LogP contribution is -2.39. The molecule has 156 valence electrons. The maximum atomic E-state index is 12.7. The first-order valence-corrected chi connectivity index (χ1v) is 10.1. The Kier molecular flexibility index (Phi) is 6.97. The number of imide groups is 1. The Morgan fingerprint density at radius 3 is 2.38 bits per heavy atom. The van der Waals surface area contributed by atoms with Crippen LogP contribution in [0.25, 0.3) is 0 Å². The fourth-order valence-electron chi connectivity index (χ4n) is 4.84. The number of nitrogens with zero attached hydrogens (tertiary/aromatic N) is 2. The lowest BCUT2D eigenvalue weighted by Gasteiger charge is -2.18. The number of guanidine groups is 1. The summed E-state index contributed by atoms with van der Waals surface area (Å²) in [6, 6.07) is 8.25. The molecule has 1 saturated heterocycles. The molecular weight excluding hydrogens is 479 g/mol. The van der Waals surface area contributed by atoms with Crippen LogP contribution < -0.4 is 10.6 Å². The molecule has 2 aliphatic carbocycles. The van der Waals surface area contributed by atoms with Crippen molar-refractivity contribution in [1.82, 2.24) is 15.5 Å². The highest BCUT2D eigenvalue weighted by Crippen LogP contribution is 2.52. The van der Waals surface area contributed by atoms with E-state index in [1.54, 1.807) is 7.05 Å². The minimum absolute atomic E-state index is 0. The van der Waals surface area contributed by atoms with E-state index in [0.29, 0.717) is 26.1 Å². The molecule has 1 aromatic carbocycles. The maximum absolute atomic E-state index is 12.7. The molecule has 2 amide bonds. The molecular formula is C22H29IN4O2. The van der Waals surface area contributed by atoms with Crippen molar-refractivity contribution in [2.75, 3.05) is 20.1 Å². The highest BCUT2D eigenvalue weighted by molar-refractivity contribution is 14.0. The van der Waals surface area contributed by atoms with E-state index >= 15 is 0 Å². The minimum Gasteiger partial charge on any atom is -0.356 e. The molecule has 4 rings (SSSR count). The van der Waals surface area contributed by atoms with E-state index in [1.807, 2.05) is 12.1 Å². The smallest absolute Gasteiger partial charge is 0.233 e. The van der Waals surface area contributed by atoms with Crippen molar-refractivity contribution in [3.63, 3.8) is 0 Å². The number of fused-ring (bicyclic) bond motifs is 5. The number of aliphatic imine (C=N–C) groups is 1. The molecule has 0 radical (unpaired) electrons. The van der Waals surface area contributed by atoms with Crippen LogP contribution in [0.15, 0.2) is 41.4 Å². The van der Waals surface area contributed by atoms with Crippen LogP contribution in [0.2, 0.25) is 0 Å². The van der Waals surface area contributed by atoms with Gasteiger partial charge >= 0.3 is 0 Å². The number of aryl methyl sites for hydroxylation is 1. The lowest BCUT2D eigenvalue weighted by molar-refractivity contribution is -0.140. The normalized spacial score (nSPS) is 27.2. The van der Waals surface area contributed by atoms with Crippen LogP contribution in [-0.4, -0.2) is 42.8 Å². The van der Waals surface area contributed by atoms with Crippen molar-refractivity contribution >= 4 is 41.8 Å². The maximum Gasteiger partial charge on any atom is 0.233 e. The molecule has 1 saturated carbocycles. The first-order valence-electron chi connectivity index (χ1n) is 10.1. The van der Waals surface area contributed by atoms with Crippen LogP contribution in [0.3, 0.4) is 0 Å². The summed E-state index contributed by atoms with van der Waals surface area (Å²) in [5, 5.41) is 6.58. The minimum atomic E-state index is -0.0981. The van der Waals surface area contributed by atoms with Gasteiger partial charge in [-0.15, -0.1) is 24.0 Å². The highest BCUT2D eigenvalue weighted by atomic mass is 127. The van der Waals surface area contributed by atoms with Crippen molar-refractivity contribution in [3.8, 4) is 0 Å². The van der Waals surface area contributed by atoms with E-state index in [0.717, 1.165) is 12.4 Å². The van der Waals surface area contributed by atoms with E-state index in [1.165, 1.54) is 16.0 Å². The van der Waals surface area contributed by atoms with Gasteiger partial charge in [-0.25, -0.2) is 0 Å². The van der Waals surface area contributed by atoms with Gasteiger partial charge in [-0.05, 0) is 42.7 Å². The van der Waals surface area contributed by atoms with Gasteiger partial charge in [0.1, 0.15) is 0 Å². The zero-order chi connectivity index (χ0) is 19.7. The van der Waals surface area contributed by atoms with Crippen molar-refractivity contribution in [3.05, 3.63) is 47.5 Å². The van der Waals surface area contributed by atoms with E-state index < -0.39 is 0 Å². The second-order valence-corrected chi connectivity index (χ2v) is 7.96. The summed E-state index contributed by atoms with van der Waals surface area (Å²) in [7, 11) is 1.74. The Hall–Kier alpha value is -1.90. The van der Waals surface area contributed by atoms with E-state index in [-0.39, 0.29) is 59.5 Å². The number of amides is 2. The highest BCUT2D eigenvalue weighted by Gasteiger charge is 2.58. The van der Waals surface area contributed by atoms with E-state index in [9.17, 15) is 9.59 Å². The SMILES string of the molecule is CN=C(NCCCN1C(=O)C2C3C=CC(C3)C2C1=O)NCc1ccccc1C.I. The predicted molar refractivity (Wildman–Crippen MR) is 124 cm³/mol. The number of carbonyl (C=O) groups is 2. The van der Waals surface area contributed by atoms with E-state index in [2.05, 4.69) is 46.8 Å². The zero-order valence-electron chi connectivity index (χ0n) is 16.9.